The maximum atomic E-state index is 12.5. The number of nitro benzene ring substituents is 1. The molecule has 0 saturated carbocycles. The van der Waals surface area contributed by atoms with Crippen LogP contribution in [0.5, 0.6) is 5.75 Å². The van der Waals surface area contributed by atoms with E-state index in [2.05, 4.69) is 0 Å². The number of hydrogen-bond acceptors (Lipinski definition) is 4. The van der Waals surface area contributed by atoms with Crippen LogP contribution in [0.3, 0.4) is 0 Å². The van der Waals surface area contributed by atoms with Crippen LogP contribution in [-0.2, 0) is 4.57 Å². The zero-order valence-electron chi connectivity index (χ0n) is 10.9. The van der Waals surface area contributed by atoms with Crippen molar-refractivity contribution >= 4 is 18.1 Å². The molecule has 2 aromatic rings. The van der Waals surface area contributed by atoms with Crippen molar-refractivity contribution in [2.75, 3.05) is 13.0 Å². The van der Waals surface area contributed by atoms with Crippen LogP contribution < -0.4 is 10.0 Å². The number of benzene rings is 2. The highest BCUT2D eigenvalue weighted by Gasteiger charge is 2.19. The molecule has 0 N–H and O–H groups in total. The van der Waals surface area contributed by atoms with Gasteiger partial charge in [-0.05, 0) is 18.8 Å². The number of rotatable bonds is 5. The van der Waals surface area contributed by atoms with Crippen LogP contribution in [0, 0.1) is 10.1 Å². The molecule has 1 atom stereocenters. The van der Waals surface area contributed by atoms with Crippen molar-refractivity contribution in [2.24, 2.45) is 0 Å². The van der Waals surface area contributed by atoms with Crippen LogP contribution in [0.15, 0.2) is 54.6 Å². The van der Waals surface area contributed by atoms with Crippen molar-refractivity contribution in [1.29, 1.82) is 0 Å². The zero-order chi connectivity index (χ0) is 14.6. The van der Waals surface area contributed by atoms with Gasteiger partial charge in [-0.25, -0.2) is 0 Å². The van der Waals surface area contributed by atoms with Crippen molar-refractivity contribution in [3.63, 3.8) is 0 Å². The lowest BCUT2D eigenvalue weighted by molar-refractivity contribution is -0.384. The SMILES string of the molecule is CP(=O)(COc1ccc([N+](=O)[O-])cc1)c1ccccc1. The third kappa shape index (κ3) is 3.45. The van der Waals surface area contributed by atoms with Crippen molar-refractivity contribution in [3.8, 4) is 5.75 Å². The first-order valence-electron chi connectivity index (χ1n) is 5.98. The quantitative estimate of drug-likeness (QED) is 0.481. The predicted molar refractivity (Wildman–Crippen MR) is 78.2 cm³/mol. The van der Waals surface area contributed by atoms with Crippen LogP contribution in [0.2, 0.25) is 0 Å². The van der Waals surface area contributed by atoms with Crippen molar-refractivity contribution in [1.82, 2.24) is 0 Å². The average Bonchev–Trinajstić information content (AvgIpc) is 2.46. The van der Waals surface area contributed by atoms with Gasteiger partial charge >= 0.3 is 0 Å². The molecule has 2 rings (SSSR count). The molecule has 0 aliphatic heterocycles. The molecule has 2 aromatic carbocycles. The molecule has 20 heavy (non-hydrogen) atoms. The summed E-state index contributed by atoms with van der Waals surface area (Å²) in [6.45, 7) is 1.66. The molecule has 0 aromatic heterocycles. The molecule has 0 aliphatic carbocycles. The lowest BCUT2D eigenvalue weighted by atomic mass is 10.3. The highest BCUT2D eigenvalue weighted by atomic mass is 31.2. The van der Waals surface area contributed by atoms with E-state index in [1.54, 1.807) is 18.8 Å². The third-order valence-corrected chi connectivity index (χ3v) is 4.84. The Hall–Kier alpha value is -2.13. The van der Waals surface area contributed by atoms with E-state index in [-0.39, 0.29) is 12.0 Å². The number of non-ortho nitro benzene ring substituents is 1. The van der Waals surface area contributed by atoms with E-state index in [4.69, 9.17) is 4.74 Å². The summed E-state index contributed by atoms with van der Waals surface area (Å²) in [4.78, 5) is 10.1. The summed E-state index contributed by atoms with van der Waals surface area (Å²) in [6.07, 6.45) is 0.0643. The smallest absolute Gasteiger partial charge is 0.269 e. The summed E-state index contributed by atoms with van der Waals surface area (Å²) in [6, 6.07) is 14.9. The minimum absolute atomic E-state index is 0.0000838. The van der Waals surface area contributed by atoms with Crippen LogP contribution in [-0.4, -0.2) is 17.9 Å². The minimum atomic E-state index is -2.60. The van der Waals surface area contributed by atoms with Crippen molar-refractivity contribution < 1.29 is 14.2 Å². The lowest BCUT2D eigenvalue weighted by Gasteiger charge is -2.14. The summed E-state index contributed by atoms with van der Waals surface area (Å²) in [5.74, 6) is 0.466. The molecule has 0 radical (unpaired) electrons. The molecule has 0 amide bonds. The first kappa shape index (κ1) is 14.3. The highest BCUT2D eigenvalue weighted by molar-refractivity contribution is 7.70. The molecule has 0 spiro atoms. The van der Waals surface area contributed by atoms with Crippen LogP contribution >= 0.6 is 7.14 Å². The Labute approximate surface area is 116 Å². The molecule has 0 fully saturated rings. The summed E-state index contributed by atoms with van der Waals surface area (Å²) in [7, 11) is -2.60. The van der Waals surface area contributed by atoms with Gasteiger partial charge in [0.2, 0.25) is 0 Å². The molecule has 0 heterocycles. The summed E-state index contributed by atoms with van der Waals surface area (Å²) < 4.78 is 18.0. The van der Waals surface area contributed by atoms with E-state index >= 15 is 0 Å². The molecule has 0 saturated heterocycles. The lowest BCUT2D eigenvalue weighted by Crippen LogP contribution is -2.10. The van der Waals surface area contributed by atoms with Gasteiger partial charge in [-0.2, -0.15) is 0 Å². The number of ether oxygens (including phenoxy) is 1. The molecule has 6 heteroatoms. The van der Waals surface area contributed by atoms with Gasteiger partial charge in [-0.15, -0.1) is 0 Å². The zero-order valence-corrected chi connectivity index (χ0v) is 11.8. The van der Waals surface area contributed by atoms with Gasteiger partial charge in [0.25, 0.3) is 5.69 Å². The average molecular weight is 291 g/mol. The minimum Gasteiger partial charge on any atom is -0.486 e. The largest absolute Gasteiger partial charge is 0.486 e. The van der Waals surface area contributed by atoms with E-state index in [9.17, 15) is 14.7 Å². The Morgan fingerprint density at radius 1 is 1.10 bits per heavy atom. The highest BCUT2D eigenvalue weighted by Crippen LogP contribution is 2.39. The normalized spacial score (nSPS) is 13.4. The third-order valence-electron chi connectivity index (χ3n) is 2.83. The second-order valence-corrected chi connectivity index (χ2v) is 7.44. The van der Waals surface area contributed by atoms with Crippen molar-refractivity contribution in [3.05, 3.63) is 64.7 Å². The standard InChI is InChI=1S/C14H14NO4P/c1-20(18,14-5-3-2-4-6-14)11-19-13-9-7-12(8-10-13)15(16)17/h2-10H,11H2,1H3. The number of hydrogen-bond donors (Lipinski definition) is 0. The van der Waals surface area contributed by atoms with E-state index in [0.29, 0.717) is 5.75 Å². The Morgan fingerprint density at radius 3 is 2.25 bits per heavy atom. The van der Waals surface area contributed by atoms with Gasteiger partial charge in [0, 0.05) is 17.4 Å². The summed E-state index contributed by atoms with van der Waals surface area (Å²) in [5.41, 5.74) is 0.0000838. The second kappa shape index (κ2) is 5.88. The number of nitrogens with zero attached hydrogens (tertiary/aromatic N) is 1. The molecular formula is C14H14NO4P. The van der Waals surface area contributed by atoms with Crippen LogP contribution in [0.1, 0.15) is 0 Å². The predicted octanol–water partition coefficient (Wildman–Crippen LogP) is 3.25. The van der Waals surface area contributed by atoms with Gasteiger partial charge in [-0.3, -0.25) is 10.1 Å². The number of nitro groups is 1. The fourth-order valence-electron chi connectivity index (χ4n) is 1.68. The van der Waals surface area contributed by atoms with E-state index < -0.39 is 12.1 Å². The molecular weight excluding hydrogens is 277 g/mol. The Kier molecular flexibility index (Phi) is 4.20. The first-order valence-corrected chi connectivity index (χ1v) is 8.32. The second-order valence-electron chi connectivity index (χ2n) is 4.46. The van der Waals surface area contributed by atoms with Gasteiger partial charge in [0.15, 0.2) is 0 Å². The van der Waals surface area contributed by atoms with Gasteiger partial charge in [-0.1, -0.05) is 30.3 Å². The Morgan fingerprint density at radius 2 is 1.70 bits per heavy atom. The summed E-state index contributed by atoms with van der Waals surface area (Å²) in [5, 5.41) is 11.3. The van der Waals surface area contributed by atoms with Crippen molar-refractivity contribution in [2.45, 2.75) is 0 Å². The van der Waals surface area contributed by atoms with Crippen LogP contribution in [0.4, 0.5) is 5.69 Å². The van der Waals surface area contributed by atoms with E-state index in [1.807, 2.05) is 18.2 Å². The topological polar surface area (TPSA) is 69.4 Å². The molecule has 0 aliphatic rings. The molecule has 0 bridgehead atoms. The van der Waals surface area contributed by atoms with Gasteiger partial charge < -0.3 is 9.30 Å². The monoisotopic (exact) mass is 291 g/mol. The Bertz CT molecular complexity index is 640. The molecule has 5 nitrogen and oxygen atoms in total. The fourth-order valence-corrected chi connectivity index (χ4v) is 3.03. The molecule has 1 unspecified atom stereocenters. The van der Waals surface area contributed by atoms with Gasteiger partial charge in [0.1, 0.15) is 19.2 Å². The Balaban J connectivity index is 2.05. The van der Waals surface area contributed by atoms with Crippen LogP contribution in [0.25, 0.3) is 0 Å². The maximum Gasteiger partial charge on any atom is 0.269 e. The first-order chi connectivity index (χ1) is 9.49. The molecule has 104 valence electrons. The van der Waals surface area contributed by atoms with E-state index in [1.165, 1.54) is 24.3 Å². The fraction of sp³-hybridized carbons (Fsp3) is 0.143. The summed E-state index contributed by atoms with van der Waals surface area (Å²) >= 11 is 0. The van der Waals surface area contributed by atoms with Gasteiger partial charge in [0.05, 0.1) is 4.92 Å². The maximum absolute atomic E-state index is 12.5. The van der Waals surface area contributed by atoms with E-state index in [0.717, 1.165) is 5.30 Å².